The van der Waals surface area contributed by atoms with Crippen molar-refractivity contribution < 1.29 is 14.7 Å². The predicted octanol–water partition coefficient (Wildman–Crippen LogP) is 3.21. The molecule has 0 aliphatic heterocycles. The number of carbonyl (C=O) groups excluding carboxylic acids is 1. The number of amides is 1. The van der Waals surface area contributed by atoms with Crippen molar-refractivity contribution in [2.45, 2.75) is 45.6 Å². The summed E-state index contributed by atoms with van der Waals surface area (Å²) < 4.78 is 0. The lowest BCUT2D eigenvalue weighted by atomic mass is 10.1. The van der Waals surface area contributed by atoms with Gasteiger partial charge in [-0.25, -0.2) is 4.79 Å². The summed E-state index contributed by atoms with van der Waals surface area (Å²) in [6.45, 7) is 6.02. The van der Waals surface area contributed by atoms with Crippen LogP contribution in [0.3, 0.4) is 0 Å². The molecule has 0 fully saturated rings. The summed E-state index contributed by atoms with van der Waals surface area (Å²) in [7, 11) is 0. The maximum absolute atomic E-state index is 11.8. The number of carboxylic acid groups (broad SMARTS) is 1. The Kier molecular flexibility index (Phi) is 5.67. The lowest BCUT2D eigenvalue weighted by Crippen LogP contribution is -2.45. The van der Waals surface area contributed by atoms with Gasteiger partial charge in [0.05, 0.1) is 0 Å². The van der Waals surface area contributed by atoms with Crippen molar-refractivity contribution in [3.8, 4) is 0 Å². The molecule has 1 aromatic rings. The molecule has 0 saturated carbocycles. The molecular formula is C15H22N2O3. The minimum atomic E-state index is -0.923. The third-order valence-electron chi connectivity index (χ3n) is 3.03. The van der Waals surface area contributed by atoms with E-state index in [0.717, 1.165) is 0 Å². The highest BCUT2D eigenvalue weighted by Gasteiger charge is 2.25. The number of Topliss-reactive ketones (excluding diaryl/α,β-unsaturated/α-hetero) is 1. The molecule has 1 amide bonds. The van der Waals surface area contributed by atoms with E-state index in [9.17, 15) is 9.59 Å². The first-order valence-corrected chi connectivity index (χ1v) is 6.77. The summed E-state index contributed by atoms with van der Waals surface area (Å²) in [6.07, 6.45) is 2.40. The van der Waals surface area contributed by atoms with Gasteiger partial charge in [0.1, 0.15) is 5.69 Å². The average molecular weight is 278 g/mol. The van der Waals surface area contributed by atoms with Crippen LogP contribution in [0.15, 0.2) is 24.4 Å². The minimum absolute atomic E-state index is 0.00299. The fraction of sp³-hybridized carbons (Fsp3) is 0.533. The summed E-state index contributed by atoms with van der Waals surface area (Å²) in [5.74, 6) is 0.00299. The highest BCUT2D eigenvalue weighted by Crippen LogP contribution is 2.15. The van der Waals surface area contributed by atoms with Crippen LogP contribution in [-0.2, 0) is 0 Å². The van der Waals surface area contributed by atoms with Crippen LogP contribution in [0.1, 0.15) is 50.5 Å². The Hall–Kier alpha value is -1.91. The topological polar surface area (TPSA) is 70.5 Å². The maximum Gasteiger partial charge on any atom is 0.407 e. The van der Waals surface area contributed by atoms with Gasteiger partial charge in [0, 0.05) is 24.7 Å². The number of pyridine rings is 1. The Morgan fingerprint density at radius 1 is 1.25 bits per heavy atom. The molecule has 0 bridgehead atoms. The second-order valence-electron chi connectivity index (χ2n) is 5.70. The van der Waals surface area contributed by atoms with Gasteiger partial charge >= 0.3 is 6.09 Å². The summed E-state index contributed by atoms with van der Waals surface area (Å²) in [6, 6.07) is 5.25. The van der Waals surface area contributed by atoms with Gasteiger partial charge in [0.25, 0.3) is 0 Å². The minimum Gasteiger partial charge on any atom is -0.465 e. The molecule has 1 heterocycles. The SMILES string of the molecule is CC(C)(C)N(CCCCC(=O)c1ccccn1)C(=O)O. The first-order valence-electron chi connectivity index (χ1n) is 6.77. The average Bonchev–Trinajstić information content (AvgIpc) is 2.37. The fourth-order valence-corrected chi connectivity index (χ4v) is 1.93. The molecule has 1 rings (SSSR count). The monoisotopic (exact) mass is 278 g/mol. The van der Waals surface area contributed by atoms with E-state index in [4.69, 9.17) is 5.11 Å². The standard InChI is InChI=1S/C15H22N2O3/c1-15(2,3)17(14(19)20)11-7-5-9-13(18)12-8-4-6-10-16-12/h4,6,8,10H,5,7,9,11H2,1-3H3,(H,19,20). The number of aromatic nitrogens is 1. The Labute approximate surface area is 119 Å². The normalized spacial score (nSPS) is 11.2. The molecule has 5 nitrogen and oxygen atoms in total. The van der Waals surface area contributed by atoms with Gasteiger partial charge in [0.15, 0.2) is 5.78 Å². The number of ketones is 1. The van der Waals surface area contributed by atoms with Crippen LogP contribution in [0.2, 0.25) is 0 Å². The zero-order valence-electron chi connectivity index (χ0n) is 12.3. The largest absolute Gasteiger partial charge is 0.465 e. The molecule has 0 radical (unpaired) electrons. The molecule has 20 heavy (non-hydrogen) atoms. The molecule has 0 aromatic carbocycles. The van der Waals surface area contributed by atoms with Gasteiger partial charge in [-0.15, -0.1) is 0 Å². The lowest BCUT2D eigenvalue weighted by Gasteiger charge is -2.33. The second-order valence-corrected chi connectivity index (χ2v) is 5.70. The number of nitrogens with zero attached hydrogens (tertiary/aromatic N) is 2. The number of rotatable bonds is 6. The van der Waals surface area contributed by atoms with E-state index in [1.807, 2.05) is 20.8 Å². The smallest absolute Gasteiger partial charge is 0.407 e. The molecule has 0 atom stereocenters. The third kappa shape index (κ3) is 4.99. The van der Waals surface area contributed by atoms with Crippen LogP contribution in [-0.4, -0.2) is 39.0 Å². The van der Waals surface area contributed by atoms with Crippen LogP contribution in [0.4, 0.5) is 4.79 Å². The molecule has 0 unspecified atom stereocenters. The van der Waals surface area contributed by atoms with Crippen LogP contribution in [0.5, 0.6) is 0 Å². The zero-order chi connectivity index (χ0) is 15.2. The third-order valence-corrected chi connectivity index (χ3v) is 3.03. The van der Waals surface area contributed by atoms with E-state index in [1.54, 1.807) is 24.4 Å². The van der Waals surface area contributed by atoms with E-state index in [1.165, 1.54) is 4.90 Å². The zero-order valence-corrected chi connectivity index (χ0v) is 12.3. The molecule has 0 spiro atoms. The number of hydrogen-bond donors (Lipinski definition) is 1. The Morgan fingerprint density at radius 2 is 1.95 bits per heavy atom. The first-order chi connectivity index (χ1) is 9.32. The van der Waals surface area contributed by atoms with Gasteiger partial charge < -0.3 is 10.0 Å². The van der Waals surface area contributed by atoms with Crippen LogP contribution in [0, 0.1) is 0 Å². The van der Waals surface area contributed by atoms with Crippen molar-refractivity contribution in [3.05, 3.63) is 30.1 Å². The van der Waals surface area contributed by atoms with E-state index in [2.05, 4.69) is 4.98 Å². The fourth-order valence-electron chi connectivity index (χ4n) is 1.93. The molecule has 0 aliphatic carbocycles. The molecule has 5 heteroatoms. The molecule has 0 aliphatic rings. The van der Waals surface area contributed by atoms with Crippen molar-refractivity contribution in [1.82, 2.24) is 9.88 Å². The predicted molar refractivity (Wildman–Crippen MR) is 76.9 cm³/mol. The van der Waals surface area contributed by atoms with Crippen LogP contribution >= 0.6 is 0 Å². The molecule has 1 aromatic heterocycles. The van der Waals surface area contributed by atoms with Crippen molar-refractivity contribution in [1.29, 1.82) is 0 Å². The Bertz CT molecular complexity index is 452. The van der Waals surface area contributed by atoms with Gasteiger partial charge in [-0.05, 0) is 45.7 Å². The second kappa shape index (κ2) is 7.03. The van der Waals surface area contributed by atoms with Gasteiger partial charge in [0.2, 0.25) is 0 Å². The first kappa shape index (κ1) is 16.1. The molecule has 1 N–H and O–H groups in total. The van der Waals surface area contributed by atoms with E-state index < -0.39 is 11.6 Å². The number of unbranched alkanes of at least 4 members (excludes halogenated alkanes) is 1. The highest BCUT2D eigenvalue weighted by atomic mass is 16.4. The van der Waals surface area contributed by atoms with Crippen molar-refractivity contribution in [2.24, 2.45) is 0 Å². The van der Waals surface area contributed by atoms with Gasteiger partial charge in [-0.2, -0.15) is 0 Å². The number of hydrogen-bond acceptors (Lipinski definition) is 3. The highest BCUT2D eigenvalue weighted by molar-refractivity contribution is 5.94. The van der Waals surface area contributed by atoms with E-state index in [0.29, 0.717) is 31.5 Å². The summed E-state index contributed by atoms with van der Waals surface area (Å²) in [5, 5.41) is 9.14. The van der Waals surface area contributed by atoms with E-state index in [-0.39, 0.29) is 5.78 Å². The molecule has 0 saturated heterocycles. The summed E-state index contributed by atoms with van der Waals surface area (Å²) >= 11 is 0. The van der Waals surface area contributed by atoms with Gasteiger partial charge in [-0.3, -0.25) is 9.78 Å². The maximum atomic E-state index is 11.8. The van der Waals surface area contributed by atoms with Gasteiger partial charge in [-0.1, -0.05) is 6.07 Å². The van der Waals surface area contributed by atoms with Crippen molar-refractivity contribution >= 4 is 11.9 Å². The molecular weight excluding hydrogens is 256 g/mol. The summed E-state index contributed by atoms with van der Waals surface area (Å²) in [4.78, 5) is 28.4. The van der Waals surface area contributed by atoms with Crippen molar-refractivity contribution in [3.63, 3.8) is 0 Å². The quantitative estimate of drug-likeness (QED) is 0.640. The Balaban J connectivity index is 2.38. The number of carbonyl (C=O) groups is 2. The van der Waals surface area contributed by atoms with Crippen molar-refractivity contribution in [2.75, 3.05) is 6.54 Å². The summed E-state index contributed by atoms with van der Waals surface area (Å²) in [5.41, 5.74) is 0.0509. The Morgan fingerprint density at radius 3 is 2.45 bits per heavy atom. The molecule has 110 valence electrons. The van der Waals surface area contributed by atoms with E-state index >= 15 is 0 Å². The van der Waals surface area contributed by atoms with Crippen LogP contribution < -0.4 is 0 Å². The lowest BCUT2D eigenvalue weighted by molar-refractivity contribution is 0.0952. The van der Waals surface area contributed by atoms with Crippen LogP contribution in [0.25, 0.3) is 0 Å².